The molecule has 1 aliphatic carbocycles. The largest absolute Gasteiger partial charge is 0.401 e. The molecule has 1 fully saturated rings. The van der Waals surface area contributed by atoms with Crippen LogP contribution < -0.4 is 10.6 Å². The van der Waals surface area contributed by atoms with Crippen LogP contribution in [0.15, 0.2) is 36.4 Å². The maximum atomic E-state index is 14.0. The molecule has 1 aliphatic rings. The van der Waals surface area contributed by atoms with Crippen LogP contribution >= 0.6 is 22.6 Å². The molecule has 2 aromatic rings. The zero-order valence-corrected chi connectivity index (χ0v) is 20.6. The highest BCUT2D eigenvalue weighted by Crippen LogP contribution is 2.71. The van der Waals surface area contributed by atoms with Gasteiger partial charge in [0.1, 0.15) is 5.41 Å². The molecule has 10 heteroatoms. The fourth-order valence-corrected chi connectivity index (χ4v) is 4.78. The molecule has 2 N–H and O–H groups in total. The molecule has 0 aliphatic heterocycles. The Morgan fingerprint density at radius 1 is 1.12 bits per heavy atom. The Balaban J connectivity index is 1.95. The third-order valence-corrected chi connectivity index (χ3v) is 6.77. The minimum atomic E-state index is -4.80. The van der Waals surface area contributed by atoms with Gasteiger partial charge in [0.2, 0.25) is 0 Å². The maximum Gasteiger partial charge on any atom is 0.401 e. The number of hydrogen-bond acceptors (Lipinski definition) is 4. The lowest BCUT2D eigenvalue weighted by molar-refractivity contribution is -0.165. The van der Waals surface area contributed by atoms with Gasteiger partial charge in [-0.3, -0.25) is 9.59 Å². The minimum absolute atomic E-state index is 0.121. The van der Waals surface area contributed by atoms with Crippen LogP contribution in [0.4, 0.5) is 18.9 Å². The molecule has 0 spiro atoms. The second-order valence-corrected chi connectivity index (χ2v) is 9.65. The topological polar surface area (TPSA) is 106 Å². The van der Waals surface area contributed by atoms with Crippen molar-refractivity contribution in [2.45, 2.75) is 44.8 Å². The molecule has 2 amide bonds. The first-order valence-corrected chi connectivity index (χ1v) is 11.3. The number of halogens is 4. The van der Waals surface area contributed by atoms with Crippen LogP contribution in [0.25, 0.3) is 0 Å². The van der Waals surface area contributed by atoms with Gasteiger partial charge in [-0.05, 0) is 72.7 Å². The first kappa shape index (κ1) is 25.5. The Morgan fingerprint density at radius 2 is 1.76 bits per heavy atom. The number of alkyl halides is 3. The van der Waals surface area contributed by atoms with E-state index in [2.05, 4.69) is 10.6 Å². The van der Waals surface area contributed by atoms with Crippen LogP contribution in [0.2, 0.25) is 0 Å². The number of anilines is 1. The van der Waals surface area contributed by atoms with Crippen molar-refractivity contribution in [3.63, 3.8) is 0 Å². The van der Waals surface area contributed by atoms with E-state index in [9.17, 15) is 33.3 Å². The van der Waals surface area contributed by atoms with Crippen molar-refractivity contribution in [1.82, 2.24) is 5.32 Å². The molecule has 0 saturated heterocycles. The molecular formula is C24H20F3IN4O2. The molecular weight excluding hydrogens is 560 g/mol. The molecule has 2 aromatic carbocycles. The maximum absolute atomic E-state index is 14.0. The lowest BCUT2D eigenvalue weighted by Gasteiger charge is -2.23. The fourth-order valence-electron chi connectivity index (χ4n) is 4.04. The predicted molar refractivity (Wildman–Crippen MR) is 127 cm³/mol. The summed E-state index contributed by atoms with van der Waals surface area (Å²) in [5, 5.41) is 23.9. The van der Waals surface area contributed by atoms with Gasteiger partial charge in [0.05, 0.1) is 23.3 Å². The Hall–Kier alpha value is -3.12. The first-order chi connectivity index (χ1) is 15.8. The van der Waals surface area contributed by atoms with Crippen LogP contribution in [0.3, 0.4) is 0 Å². The van der Waals surface area contributed by atoms with E-state index in [0.29, 0.717) is 9.13 Å². The Bertz CT molecular complexity index is 1250. The molecule has 176 valence electrons. The number of benzene rings is 2. The zero-order chi connectivity index (χ0) is 25.5. The average Bonchev–Trinajstić information content (AvgIpc) is 3.45. The Kier molecular flexibility index (Phi) is 6.68. The second kappa shape index (κ2) is 8.91. The first-order valence-electron chi connectivity index (χ1n) is 10.2. The summed E-state index contributed by atoms with van der Waals surface area (Å²) in [4.78, 5) is 25.7. The van der Waals surface area contributed by atoms with E-state index in [1.54, 1.807) is 26.0 Å². The minimum Gasteiger partial charge on any atom is -0.350 e. The van der Waals surface area contributed by atoms with E-state index >= 15 is 0 Å². The summed E-state index contributed by atoms with van der Waals surface area (Å²) in [5.74, 6) is -1.01. The highest BCUT2D eigenvalue weighted by atomic mass is 127. The molecule has 34 heavy (non-hydrogen) atoms. The molecule has 0 bridgehead atoms. The van der Waals surface area contributed by atoms with Crippen molar-refractivity contribution >= 4 is 40.1 Å². The number of carbonyl (C=O) groups excluding carboxylic acids is 2. The van der Waals surface area contributed by atoms with Gasteiger partial charge in [-0.25, -0.2) is 0 Å². The summed E-state index contributed by atoms with van der Waals surface area (Å²) in [6.07, 6.45) is -5.44. The molecule has 1 atom stereocenters. The van der Waals surface area contributed by atoms with Gasteiger partial charge < -0.3 is 10.6 Å². The van der Waals surface area contributed by atoms with Gasteiger partial charge in [-0.2, -0.15) is 23.7 Å². The van der Waals surface area contributed by atoms with Gasteiger partial charge in [0.15, 0.2) is 5.41 Å². The summed E-state index contributed by atoms with van der Waals surface area (Å²) in [6, 6.07) is 11.5. The van der Waals surface area contributed by atoms with E-state index in [1.807, 2.05) is 22.6 Å². The van der Waals surface area contributed by atoms with E-state index in [1.165, 1.54) is 43.3 Å². The molecule has 6 nitrogen and oxygen atoms in total. The fraction of sp³-hybridized carbons (Fsp3) is 0.333. The lowest BCUT2D eigenvalue weighted by Crippen LogP contribution is -2.34. The summed E-state index contributed by atoms with van der Waals surface area (Å²) < 4.78 is 42.4. The molecule has 1 unspecified atom stereocenters. The van der Waals surface area contributed by atoms with E-state index in [4.69, 9.17) is 0 Å². The summed E-state index contributed by atoms with van der Waals surface area (Å²) in [5.41, 5.74) is -4.06. The van der Waals surface area contributed by atoms with Gasteiger partial charge in [-0.15, -0.1) is 0 Å². The molecule has 0 radical (unpaired) electrons. The smallest absolute Gasteiger partial charge is 0.350 e. The number of carbonyl (C=O) groups is 2. The van der Waals surface area contributed by atoms with Crippen LogP contribution in [0, 0.1) is 38.6 Å². The highest BCUT2D eigenvalue weighted by Gasteiger charge is 2.82. The predicted octanol–water partition coefficient (Wildman–Crippen LogP) is 5.23. The Labute approximate surface area is 208 Å². The third kappa shape index (κ3) is 4.11. The SMILES string of the molecule is Cc1cc(C2(C(F)(F)F)CC2(C#N)C#N)ccc1NC(=O)c1cccc(I)c1C(=O)NC(C)C. The standard InChI is InChI=1S/C24H20F3IN4O2/c1-13(2)31-21(34)19-16(5-4-6-17(19)28)20(33)32-18-8-7-15(9-14(18)3)23(24(25,26)27)10-22(23,11-29)12-30/h4-9,13H,10H2,1-3H3,(H,31,34)(H,32,33). The van der Waals surface area contributed by atoms with Gasteiger partial charge >= 0.3 is 6.18 Å². The van der Waals surface area contributed by atoms with Crippen molar-refractivity contribution in [3.8, 4) is 12.1 Å². The van der Waals surface area contributed by atoms with Crippen LogP contribution in [0.1, 0.15) is 52.1 Å². The molecule has 1 saturated carbocycles. The van der Waals surface area contributed by atoms with Gasteiger partial charge in [0, 0.05) is 21.7 Å². The zero-order valence-electron chi connectivity index (χ0n) is 18.5. The number of rotatable bonds is 5. The van der Waals surface area contributed by atoms with Crippen molar-refractivity contribution in [2.75, 3.05) is 5.32 Å². The molecule has 0 heterocycles. The van der Waals surface area contributed by atoms with Crippen molar-refractivity contribution < 1.29 is 22.8 Å². The number of nitrogens with one attached hydrogen (secondary N) is 2. The number of nitriles is 2. The summed E-state index contributed by atoms with van der Waals surface area (Å²) in [7, 11) is 0. The van der Waals surface area contributed by atoms with E-state index < -0.39 is 35.2 Å². The van der Waals surface area contributed by atoms with Gasteiger partial charge in [-0.1, -0.05) is 18.2 Å². The average molecular weight is 580 g/mol. The van der Waals surface area contributed by atoms with Crippen molar-refractivity contribution in [3.05, 3.63) is 62.2 Å². The molecule has 0 aromatic heterocycles. The summed E-state index contributed by atoms with van der Waals surface area (Å²) in [6.45, 7) is 5.10. The van der Waals surface area contributed by atoms with E-state index in [0.717, 1.165) is 0 Å². The van der Waals surface area contributed by atoms with E-state index in [-0.39, 0.29) is 28.4 Å². The highest BCUT2D eigenvalue weighted by molar-refractivity contribution is 14.1. The van der Waals surface area contributed by atoms with Gasteiger partial charge in [0.25, 0.3) is 11.8 Å². The number of aryl methyl sites for hydroxylation is 1. The number of hydrogen-bond donors (Lipinski definition) is 2. The quantitative estimate of drug-likeness (QED) is 0.473. The van der Waals surface area contributed by atoms with Crippen molar-refractivity contribution in [2.24, 2.45) is 5.41 Å². The number of amides is 2. The Morgan fingerprint density at radius 3 is 2.26 bits per heavy atom. The third-order valence-electron chi connectivity index (χ3n) is 5.87. The van der Waals surface area contributed by atoms with Crippen molar-refractivity contribution in [1.29, 1.82) is 10.5 Å². The normalized spacial score (nSPS) is 18.5. The molecule has 3 rings (SSSR count). The second-order valence-electron chi connectivity index (χ2n) is 8.48. The number of nitrogens with zero attached hydrogens (tertiary/aromatic N) is 2. The van der Waals surface area contributed by atoms with Crippen LogP contribution in [0.5, 0.6) is 0 Å². The monoisotopic (exact) mass is 580 g/mol. The van der Waals surface area contributed by atoms with Crippen LogP contribution in [-0.4, -0.2) is 24.0 Å². The summed E-state index contributed by atoms with van der Waals surface area (Å²) >= 11 is 1.96. The van der Waals surface area contributed by atoms with Crippen LogP contribution in [-0.2, 0) is 5.41 Å². The lowest BCUT2D eigenvalue weighted by atomic mass is 9.85.